The Labute approximate surface area is 99.4 Å². The van der Waals surface area contributed by atoms with E-state index in [2.05, 4.69) is 5.32 Å². The second-order valence-electron chi connectivity index (χ2n) is 3.68. The van der Waals surface area contributed by atoms with Gasteiger partial charge in [-0.15, -0.1) is 0 Å². The summed E-state index contributed by atoms with van der Waals surface area (Å²) in [5, 5.41) is 2.36. The standard InChI is InChI=1S/C12H15FN2O2/c1-9(7-13)10-3-5-11(6-4-10)15(8-16)12(17)14-2/h3-6,8-9H,7H2,1-2H3,(H,14,17). The van der Waals surface area contributed by atoms with Gasteiger partial charge < -0.3 is 5.32 Å². The largest absolute Gasteiger partial charge is 0.340 e. The molecule has 3 amide bonds. The number of amides is 3. The summed E-state index contributed by atoms with van der Waals surface area (Å²) in [7, 11) is 1.44. The van der Waals surface area contributed by atoms with Crippen LogP contribution in [0.25, 0.3) is 0 Å². The maximum Gasteiger partial charge on any atom is 0.328 e. The summed E-state index contributed by atoms with van der Waals surface area (Å²) in [5.41, 5.74) is 1.29. The maximum absolute atomic E-state index is 12.4. The van der Waals surface area contributed by atoms with Crippen molar-refractivity contribution in [1.82, 2.24) is 5.32 Å². The van der Waals surface area contributed by atoms with Crippen LogP contribution in [-0.2, 0) is 4.79 Å². The van der Waals surface area contributed by atoms with E-state index in [1.165, 1.54) is 7.05 Å². The van der Waals surface area contributed by atoms with Crippen molar-refractivity contribution in [2.45, 2.75) is 12.8 Å². The van der Waals surface area contributed by atoms with Crippen LogP contribution in [0.15, 0.2) is 24.3 Å². The average molecular weight is 238 g/mol. The molecule has 0 radical (unpaired) electrons. The highest BCUT2D eigenvalue weighted by atomic mass is 19.1. The Bertz CT molecular complexity index is 392. The van der Waals surface area contributed by atoms with Crippen molar-refractivity contribution in [3.63, 3.8) is 0 Å². The summed E-state index contributed by atoms with van der Waals surface area (Å²) in [6, 6.07) is 6.14. The van der Waals surface area contributed by atoms with Crippen LogP contribution < -0.4 is 10.2 Å². The Balaban J connectivity index is 2.92. The molecule has 0 spiro atoms. The van der Waals surface area contributed by atoms with Crippen molar-refractivity contribution in [2.75, 3.05) is 18.6 Å². The summed E-state index contributed by atoms with van der Waals surface area (Å²) >= 11 is 0. The van der Waals surface area contributed by atoms with Crippen molar-refractivity contribution in [2.24, 2.45) is 0 Å². The van der Waals surface area contributed by atoms with Crippen molar-refractivity contribution < 1.29 is 14.0 Å². The van der Waals surface area contributed by atoms with Crippen LogP contribution in [0.4, 0.5) is 14.9 Å². The molecule has 0 saturated heterocycles. The van der Waals surface area contributed by atoms with Gasteiger partial charge in [-0.1, -0.05) is 19.1 Å². The quantitative estimate of drug-likeness (QED) is 0.816. The minimum atomic E-state index is -0.508. The number of hydrogen-bond acceptors (Lipinski definition) is 2. The number of carbonyl (C=O) groups is 2. The van der Waals surface area contributed by atoms with E-state index in [1.807, 2.05) is 0 Å². The SMILES string of the molecule is CNC(=O)N(C=O)c1ccc(C(C)CF)cc1. The lowest BCUT2D eigenvalue weighted by Gasteiger charge is -2.16. The molecule has 1 unspecified atom stereocenters. The van der Waals surface area contributed by atoms with Gasteiger partial charge in [0.1, 0.15) is 0 Å². The second kappa shape index (κ2) is 5.98. The predicted octanol–water partition coefficient (Wildman–Crippen LogP) is 2.06. The first kappa shape index (κ1) is 13.2. The van der Waals surface area contributed by atoms with E-state index in [0.29, 0.717) is 12.1 Å². The van der Waals surface area contributed by atoms with Gasteiger partial charge in [0, 0.05) is 13.0 Å². The molecule has 0 aliphatic rings. The van der Waals surface area contributed by atoms with Crippen molar-refractivity contribution in [1.29, 1.82) is 0 Å². The summed E-state index contributed by atoms with van der Waals surface area (Å²) in [6.07, 6.45) is 0.437. The van der Waals surface area contributed by atoms with Crippen LogP contribution in [0, 0.1) is 0 Å². The number of urea groups is 1. The van der Waals surface area contributed by atoms with Crippen LogP contribution >= 0.6 is 0 Å². The zero-order valence-corrected chi connectivity index (χ0v) is 9.81. The van der Waals surface area contributed by atoms with Gasteiger partial charge in [0.05, 0.1) is 12.4 Å². The number of rotatable bonds is 4. The predicted molar refractivity (Wildman–Crippen MR) is 63.8 cm³/mol. The molecule has 0 aliphatic heterocycles. The van der Waals surface area contributed by atoms with Gasteiger partial charge in [0.2, 0.25) is 6.41 Å². The first-order chi connectivity index (χ1) is 8.13. The van der Waals surface area contributed by atoms with Gasteiger partial charge >= 0.3 is 6.03 Å². The molecule has 1 aromatic rings. The van der Waals surface area contributed by atoms with E-state index in [0.717, 1.165) is 10.5 Å². The first-order valence-electron chi connectivity index (χ1n) is 5.26. The van der Waals surface area contributed by atoms with Gasteiger partial charge in [0.15, 0.2) is 0 Å². The maximum atomic E-state index is 12.4. The molecule has 4 nitrogen and oxygen atoms in total. The third kappa shape index (κ3) is 3.03. The van der Waals surface area contributed by atoms with Crippen molar-refractivity contribution in [3.8, 4) is 0 Å². The molecule has 0 aliphatic carbocycles. The van der Waals surface area contributed by atoms with Crippen LogP contribution in [0.2, 0.25) is 0 Å². The highest BCUT2D eigenvalue weighted by molar-refractivity contribution is 6.05. The molecule has 1 rings (SSSR count). The number of halogens is 1. The normalized spacial score (nSPS) is 11.7. The van der Waals surface area contributed by atoms with E-state index in [-0.39, 0.29) is 5.92 Å². The summed E-state index contributed by atoms with van der Waals surface area (Å²) < 4.78 is 12.4. The Morgan fingerprint density at radius 3 is 2.47 bits per heavy atom. The second-order valence-corrected chi connectivity index (χ2v) is 3.68. The fourth-order valence-electron chi connectivity index (χ4n) is 1.40. The van der Waals surface area contributed by atoms with Gasteiger partial charge in [-0.05, 0) is 17.7 Å². The molecule has 1 atom stereocenters. The summed E-state index contributed by atoms with van der Waals surface area (Å²) in [4.78, 5) is 23.1. The van der Waals surface area contributed by atoms with Crippen molar-refractivity contribution in [3.05, 3.63) is 29.8 Å². The van der Waals surface area contributed by atoms with Gasteiger partial charge in [-0.25, -0.2) is 9.69 Å². The molecule has 0 heterocycles. The molecular formula is C12H15FN2O2. The van der Waals surface area contributed by atoms with Gasteiger partial charge in [-0.3, -0.25) is 9.18 Å². The Morgan fingerprint density at radius 1 is 1.47 bits per heavy atom. The molecular weight excluding hydrogens is 223 g/mol. The first-order valence-corrected chi connectivity index (χ1v) is 5.26. The smallest absolute Gasteiger partial charge is 0.328 e. The van der Waals surface area contributed by atoms with Crippen LogP contribution in [0.3, 0.4) is 0 Å². The monoisotopic (exact) mass is 238 g/mol. The molecule has 0 bridgehead atoms. The Kier molecular flexibility index (Phi) is 4.63. The molecule has 92 valence electrons. The van der Waals surface area contributed by atoms with Crippen LogP contribution in [0.5, 0.6) is 0 Å². The number of hydrogen-bond donors (Lipinski definition) is 1. The molecule has 1 N–H and O–H groups in total. The zero-order chi connectivity index (χ0) is 12.8. The number of benzene rings is 1. The number of nitrogens with zero attached hydrogens (tertiary/aromatic N) is 1. The fraction of sp³-hybridized carbons (Fsp3) is 0.333. The third-order valence-corrected chi connectivity index (χ3v) is 2.51. The summed E-state index contributed by atoms with van der Waals surface area (Å²) in [5.74, 6) is -0.186. The fourth-order valence-corrected chi connectivity index (χ4v) is 1.40. The number of anilines is 1. The van der Waals surface area contributed by atoms with Crippen LogP contribution in [-0.4, -0.2) is 26.2 Å². The van der Waals surface area contributed by atoms with Crippen molar-refractivity contribution >= 4 is 18.1 Å². The minimum absolute atomic E-state index is 0.186. The van der Waals surface area contributed by atoms with E-state index in [9.17, 15) is 14.0 Å². The summed E-state index contributed by atoms with van der Waals surface area (Å²) in [6.45, 7) is 1.33. The lowest BCUT2D eigenvalue weighted by atomic mass is 10.0. The van der Waals surface area contributed by atoms with Gasteiger partial charge in [-0.2, -0.15) is 0 Å². The highest BCUT2D eigenvalue weighted by Crippen LogP contribution is 2.20. The Hall–Kier alpha value is -1.91. The Morgan fingerprint density at radius 2 is 2.06 bits per heavy atom. The molecule has 5 heteroatoms. The molecule has 0 fully saturated rings. The minimum Gasteiger partial charge on any atom is -0.340 e. The number of nitrogens with one attached hydrogen (secondary N) is 1. The highest BCUT2D eigenvalue weighted by Gasteiger charge is 2.13. The number of imide groups is 1. The average Bonchev–Trinajstić information content (AvgIpc) is 2.39. The molecule has 0 aromatic heterocycles. The number of alkyl halides is 1. The number of carbonyl (C=O) groups excluding carboxylic acids is 2. The van der Waals surface area contributed by atoms with E-state index >= 15 is 0 Å². The van der Waals surface area contributed by atoms with E-state index in [4.69, 9.17) is 0 Å². The van der Waals surface area contributed by atoms with Gasteiger partial charge in [0.25, 0.3) is 0 Å². The van der Waals surface area contributed by atoms with E-state index < -0.39 is 12.7 Å². The lowest BCUT2D eigenvalue weighted by molar-refractivity contribution is -0.106. The zero-order valence-electron chi connectivity index (χ0n) is 9.81. The topological polar surface area (TPSA) is 49.4 Å². The third-order valence-electron chi connectivity index (χ3n) is 2.51. The molecule has 17 heavy (non-hydrogen) atoms. The molecule has 1 aromatic carbocycles. The lowest BCUT2D eigenvalue weighted by Crippen LogP contribution is -2.36. The van der Waals surface area contributed by atoms with Crippen LogP contribution in [0.1, 0.15) is 18.4 Å². The molecule has 0 saturated carbocycles. The van der Waals surface area contributed by atoms with E-state index in [1.54, 1.807) is 31.2 Å².